The van der Waals surface area contributed by atoms with Crippen LogP contribution in [-0.2, 0) is 27.3 Å². The number of hydrogen-bond donors (Lipinski definition) is 0. The van der Waals surface area contributed by atoms with Gasteiger partial charge in [0.1, 0.15) is 6.04 Å². The standard InChI is InChI=1S/C22H23NO4S/c1-15(14-28-22(26)16-8-4-3-5-9-16)20(24)23-13-18-11-7-6-10-17(18)12-19(23)21(25)27-2/h3-11,15,19H,12-14H2,1-2H3/t15?,19-/m0/s1. The van der Waals surface area contributed by atoms with E-state index in [1.165, 1.54) is 7.11 Å². The Labute approximate surface area is 169 Å². The summed E-state index contributed by atoms with van der Waals surface area (Å²) in [5, 5.41) is -0.0613. The molecular formula is C22H23NO4S. The SMILES string of the molecule is COC(=O)[C@@H]1Cc2ccccc2CN1C(=O)C(C)CSC(=O)c1ccccc1. The predicted molar refractivity (Wildman–Crippen MR) is 109 cm³/mol. The third-order valence-electron chi connectivity index (χ3n) is 4.90. The maximum atomic E-state index is 13.1. The number of hydrogen-bond acceptors (Lipinski definition) is 5. The molecule has 0 bridgehead atoms. The first-order valence-corrected chi connectivity index (χ1v) is 10.2. The van der Waals surface area contributed by atoms with Gasteiger partial charge in [0.05, 0.1) is 7.11 Å². The fraction of sp³-hybridized carbons (Fsp3) is 0.318. The van der Waals surface area contributed by atoms with Gasteiger partial charge in [-0.3, -0.25) is 9.59 Å². The highest BCUT2D eigenvalue weighted by atomic mass is 32.2. The molecule has 146 valence electrons. The maximum Gasteiger partial charge on any atom is 0.328 e. The van der Waals surface area contributed by atoms with Crippen LogP contribution in [0.25, 0.3) is 0 Å². The molecule has 1 aliphatic heterocycles. The minimum Gasteiger partial charge on any atom is -0.467 e. The van der Waals surface area contributed by atoms with Gasteiger partial charge in [0, 0.05) is 30.2 Å². The second-order valence-corrected chi connectivity index (χ2v) is 7.84. The number of nitrogens with zero attached hydrogens (tertiary/aromatic N) is 1. The lowest BCUT2D eigenvalue weighted by Crippen LogP contribution is -2.51. The molecule has 0 saturated carbocycles. The van der Waals surface area contributed by atoms with Crippen LogP contribution in [-0.4, -0.2) is 40.8 Å². The van der Waals surface area contributed by atoms with Gasteiger partial charge in [0.15, 0.2) is 0 Å². The fourth-order valence-electron chi connectivity index (χ4n) is 3.31. The summed E-state index contributed by atoms with van der Waals surface area (Å²) >= 11 is 1.13. The van der Waals surface area contributed by atoms with Crippen molar-refractivity contribution in [1.29, 1.82) is 0 Å². The van der Waals surface area contributed by atoms with E-state index < -0.39 is 17.9 Å². The molecule has 5 nitrogen and oxygen atoms in total. The zero-order chi connectivity index (χ0) is 20.1. The topological polar surface area (TPSA) is 63.7 Å². The third-order valence-corrected chi connectivity index (χ3v) is 6.06. The second kappa shape index (κ2) is 9.06. The van der Waals surface area contributed by atoms with Crippen LogP contribution < -0.4 is 0 Å². The highest BCUT2D eigenvalue weighted by Crippen LogP contribution is 2.26. The molecule has 0 radical (unpaired) electrons. The van der Waals surface area contributed by atoms with Crippen LogP contribution >= 0.6 is 11.8 Å². The number of methoxy groups -OCH3 is 1. The highest BCUT2D eigenvalue weighted by molar-refractivity contribution is 8.14. The summed E-state index contributed by atoms with van der Waals surface area (Å²) in [6.45, 7) is 2.17. The smallest absolute Gasteiger partial charge is 0.328 e. The largest absolute Gasteiger partial charge is 0.467 e. The van der Waals surface area contributed by atoms with Gasteiger partial charge in [-0.15, -0.1) is 0 Å². The molecule has 3 rings (SSSR count). The molecule has 0 aliphatic carbocycles. The van der Waals surface area contributed by atoms with Gasteiger partial charge in [0.2, 0.25) is 11.0 Å². The lowest BCUT2D eigenvalue weighted by molar-refractivity contribution is -0.155. The molecule has 2 aromatic rings. The minimum atomic E-state index is -0.635. The molecule has 2 atom stereocenters. The molecule has 0 fully saturated rings. The highest BCUT2D eigenvalue weighted by Gasteiger charge is 2.37. The summed E-state index contributed by atoms with van der Waals surface area (Å²) < 4.78 is 4.93. The third kappa shape index (κ3) is 4.44. The number of amides is 1. The van der Waals surface area contributed by atoms with E-state index >= 15 is 0 Å². The van der Waals surface area contributed by atoms with Crippen LogP contribution in [0.5, 0.6) is 0 Å². The Balaban J connectivity index is 1.70. The van der Waals surface area contributed by atoms with Crippen molar-refractivity contribution in [2.45, 2.75) is 25.9 Å². The normalized spacial score (nSPS) is 16.8. The number of benzene rings is 2. The lowest BCUT2D eigenvalue weighted by atomic mass is 9.93. The van der Waals surface area contributed by atoms with Crippen LogP contribution in [0.1, 0.15) is 28.4 Å². The molecule has 0 spiro atoms. The number of ether oxygens (including phenoxy) is 1. The van der Waals surface area contributed by atoms with Gasteiger partial charge in [-0.1, -0.05) is 73.3 Å². The van der Waals surface area contributed by atoms with Gasteiger partial charge < -0.3 is 9.64 Å². The molecule has 1 heterocycles. The number of carbonyl (C=O) groups is 3. The number of rotatable bonds is 5. The van der Waals surface area contributed by atoms with E-state index in [-0.39, 0.29) is 11.0 Å². The Hall–Kier alpha value is -2.60. The van der Waals surface area contributed by atoms with Crippen molar-refractivity contribution < 1.29 is 19.1 Å². The molecular weight excluding hydrogens is 374 g/mol. The Kier molecular flexibility index (Phi) is 6.52. The van der Waals surface area contributed by atoms with Gasteiger partial charge in [-0.25, -0.2) is 4.79 Å². The lowest BCUT2D eigenvalue weighted by Gasteiger charge is -2.36. The second-order valence-electron chi connectivity index (χ2n) is 6.84. The average Bonchev–Trinajstić information content (AvgIpc) is 2.75. The Morgan fingerprint density at radius 2 is 1.71 bits per heavy atom. The molecule has 1 aliphatic rings. The summed E-state index contributed by atoms with van der Waals surface area (Å²) in [7, 11) is 1.34. The van der Waals surface area contributed by atoms with Crippen LogP contribution in [0.15, 0.2) is 54.6 Å². The molecule has 2 aromatic carbocycles. The predicted octanol–water partition coefficient (Wildman–Crippen LogP) is 3.32. The van der Waals surface area contributed by atoms with Crippen LogP contribution in [0.2, 0.25) is 0 Å². The van der Waals surface area contributed by atoms with Crippen molar-refractivity contribution in [1.82, 2.24) is 4.90 Å². The zero-order valence-corrected chi connectivity index (χ0v) is 16.8. The summed E-state index contributed by atoms with van der Waals surface area (Å²) in [6.07, 6.45) is 0.442. The number of fused-ring (bicyclic) bond motifs is 1. The van der Waals surface area contributed by atoms with Crippen LogP contribution in [0.4, 0.5) is 0 Å². The fourth-order valence-corrected chi connectivity index (χ4v) is 4.16. The Morgan fingerprint density at radius 1 is 1.07 bits per heavy atom. The molecule has 28 heavy (non-hydrogen) atoms. The van der Waals surface area contributed by atoms with E-state index in [0.29, 0.717) is 24.3 Å². The van der Waals surface area contributed by atoms with E-state index in [4.69, 9.17) is 4.74 Å². The van der Waals surface area contributed by atoms with Gasteiger partial charge in [-0.2, -0.15) is 0 Å². The van der Waals surface area contributed by atoms with Crippen molar-refractivity contribution in [2.75, 3.05) is 12.9 Å². The van der Waals surface area contributed by atoms with Gasteiger partial charge in [0.25, 0.3) is 0 Å². The van der Waals surface area contributed by atoms with E-state index in [1.807, 2.05) is 42.5 Å². The van der Waals surface area contributed by atoms with E-state index in [9.17, 15) is 14.4 Å². The number of thioether (sulfide) groups is 1. The minimum absolute atomic E-state index is 0.0613. The molecule has 0 saturated heterocycles. The quantitative estimate of drug-likeness (QED) is 0.724. The van der Waals surface area contributed by atoms with Crippen molar-refractivity contribution in [2.24, 2.45) is 5.92 Å². The molecule has 1 amide bonds. The van der Waals surface area contributed by atoms with Crippen LogP contribution in [0.3, 0.4) is 0 Å². The van der Waals surface area contributed by atoms with Crippen LogP contribution in [0, 0.1) is 5.92 Å². The first-order chi connectivity index (χ1) is 13.5. The first kappa shape index (κ1) is 20.1. The monoisotopic (exact) mass is 397 g/mol. The van der Waals surface area contributed by atoms with Crippen molar-refractivity contribution in [3.05, 3.63) is 71.3 Å². The van der Waals surface area contributed by atoms with Crippen molar-refractivity contribution in [3.63, 3.8) is 0 Å². The number of carbonyl (C=O) groups excluding carboxylic acids is 3. The summed E-state index contributed by atoms with van der Waals surface area (Å²) in [4.78, 5) is 39.3. The van der Waals surface area contributed by atoms with Gasteiger partial charge >= 0.3 is 5.97 Å². The molecule has 0 N–H and O–H groups in total. The van der Waals surface area contributed by atoms with E-state index in [2.05, 4.69) is 0 Å². The Morgan fingerprint density at radius 3 is 2.39 bits per heavy atom. The van der Waals surface area contributed by atoms with E-state index in [0.717, 1.165) is 22.9 Å². The zero-order valence-electron chi connectivity index (χ0n) is 16.0. The first-order valence-electron chi connectivity index (χ1n) is 9.18. The van der Waals surface area contributed by atoms with Crippen molar-refractivity contribution >= 4 is 28.8 Å². The average molecular weight is 397 g/mol. The Bertz CT molecular complexity index is 868. The number of esters is 1. The maximum absolute atomic E-state index is 13.1. The molecule has 1 unspecified atom stereocenters. The molecule has 0 aromatic heterocycles. The summed E-state index contributed by atoms with van der Waals surface area (Å²) in [5.74, 6) is -0.588. The summed E-state index contributed by atoms with van der Waals surface area (Å²) in [5.41, 5.74) is 2.71. The summed E-state index contributed by atoms with van der Waals surface area (Å²) in [6, 6.07) is 16.2. The molecule has 6 heteroatoms. The van der Waals surface area contributed by atoms with E-state index in [1.54, 1.807) is 24.0 Å². The van der Waals surface area contributed by atoms with Gasteiger partial charge in [-0.05, 0) is 11.1 Å². The van der Waals surface area contributed by atoms with Crippen molar-refractivity contribution in [3.8, 4) is 0 Å².